The standard InChI is InChI=1S/C13H18O4/c1-8-7-12(17-3)9(2)6-10(8)4-5-11(14)13(15)16/h6-7,11,14H,4-5H2,1-3H3,(H,15,16). The van der Waals surface area contributed by atoms with Crippen LogP contribution in [0, 0.1) is 13.8 Å². The first-order valence-electron chi connectivity index (χ1n) is 5.50. The Balaban J connectivity index is 2.78. The molecule has 0 aliphatic carbocycles. The number of benzene rings is 1. The third-order valence-corrected chi connectivity index (χ3v) is 2.83. The van der Waals surface area contributed by atoms with Crippen LogP contribution in [0.2, 0.25) is 0 Å². The van der Waals surface area contributed by atoms with E-state index in [-0.39, 0.29) is 6.42 Å². The number of rotatable bonds is 5. The highest BCUT2D eigenvalue weighted by molar-refractivity contribution is 5.71. The van der Waals surface area contributed by atoms with E-state index in [1.807, 2.05) is 26.0 Å². The first-order valence-corrected chi connectivity index (χ1v) is 5.50. The molecule has 0 aliphatic rings. The number of hydrogen-bond acceptors (Lipinski definition) is 3. The molecule has 0 saturated carbocycles. The molecule has 0 radical (unpaired) electrons. The smallest absolute Gasteiger partial charge is 0.332 e. The first-order chi connectivity index (χ1) is 7.95. The topological polar surface area (TPSA) is 66.8 Å². The van der Waals surface area contributed by atoms with E-state index in [0.29, 0.717) is 6.42 Å². The molecule has 0 amide bonds. The van der Waals surface area contributed by atoms with Crippen LogP contribution in [0.4, 0.5) is 0 Å². The Bertz CT molecular complexity index is 412. The highest BCUT2D eigenvalue weighted by atomic mass is 16.5. The summed E-state index contributed by atoms with van der Waals surface area (Å²) in [5, 5.41) is 17.8. The molecule has 1 unspecified atom stereocenters. The van der Waals surface area contributed by atoms with Crippen molar-refractivity contribution in [3.63, 3.8) is 0 Å². The minimum absolute atomic E-state index is 0.224. The van der Waals surface area contributed by atoms with Gasteiger partial charge in [-0.2, -0.15) is 0 Å². The molecule has 1 aromatic carbocycles. The molecule has 0 fully saturated rings. The number of aliphatic hydroxyl groups is 1. The van der Waals surface area contributed by atoms with E-state index in [1.165, 1.54) is 0 Å². The minimum Gasteiger partial charge on any atom is -0.496 e. The average molecular weight is 238 g/mol. The second-order valence-electron chi connectivity index (χ2n) is 4.14. The van der Waals surface area contributed by atoms with Crippen molar-refractivity contribution in [1.29, 1.82) is 0 Å². The molecule has 17 heavy (non-hydrogen) atoms. The Morgan fingerprint density at radius 2 is 2.00 bits per heavy atom. The number of carboxylic acid groups (broad SMARTS) is 1. The molecule has 4 heteroatoms. The monoisotopic (exact) mass is 238 g/mol. The van der Waals surface area contributed by atoms with Gasteiger partial charge in [0.15, 0.2) is 6.10 Å². The molecule has 2 N–H and O–H groups in total. The molecule has 1 aromatic rings. The fraction of sp³-hybridized carbons (Fsp3) is 0.462. The number of aryl methyl sites for hydroxylation is 3. The van der Waals surface area contributed by atoms with Crippen LogP contribution in [-0.2, 0) is 11.2 Å². The summed E-state index contributed by atoms with van der Waals surface area (Å²) in [6.45, 7) is 3.89. The molecule has 0 saturated heterocycles. The molecule has 94 valence electrons. The molecule has 1 rings (SSSR count). The number of hydrogen-bond donors (Lipinski definition) is 2. The zero-order chi connectivity index (χ0) is 13.0. The Morgan fingerprint density at radius 1 is 1.35 bits per heavy atom. The third-order valence-electron chi connectivity index (χ3n) is 2.83. The van der Waals surface area contributed by atoms with Crippen molar-refractivity contribution >= 4 is 5.97 Å². The molecule has 1 atom stereocenters. The van der Waals surface area contributed by atoms with Crippen molar-refractivity contribution in [1.82, 2.24) is 0 Å². The molecule has 0 spiro atoms. The van der Waals surface area contributed by atoms with Crippen LogP contribution in [0.1, 0.15) is 23.1 Å². The summed E-state index contributed by atoms with van der Waals surface area (Å²) < 4.78 is 5.20. The van der Waals surface area contributed by atoms with Gasteiger partial charge in [0.1, 0.15) is 5.75 Å². The maximum Gasteiger partial charge on any atom is 0.332 e. The van der Waals surface area contributed by atoms with Crippen LogP contribution in [0.5, 0.6) is 5.75 Å². The van der Waals surface area contributed by atoms with E-state index in [2.05, 4.69) is 0 Å². The summed E-state index contributed by atoms with van der Waals surface area (Å²) in [5.41, 5.74) is 3.10. The fourth-order valence-electron chi connectivity index (χ4n) is 1.75. The lowest BCUT2D eigenvalue weighted by Crippen LogP contribution is -2.20. The van der Waals surface area contributed by atoms with Gasteiger partial charge in [-0.05, 0) is 49.4 Å². The molecular formula is C13H18O4. The van der Waals surface area contributed by atoms with Crippen molar-refractivity contribution < 1.29 is 19.7 Å². The molecule has 0 aliphatic heterocycles. The zero-order valence-electron chi connectivity index (χ0n) is 10.4. The predicted molar refractivity (Wildman–Crippen MR) is 64.4 cm³/mol. The quantitative estimate of drug-likeness (QED) is 0.819. The van der Waals surface area contributed by atoms with Gasteiger partial charge in [0.25, 0.3) is 0 Å². The number of carboxylic acids is 1. The van der Waals surface area contributed by atoms with Gasteiger partial charge in [-0.1, -0.05) is 6.07 Å². The van der Waals surface area contributed by atoms with Gasteiger partial charge in [-0.25, -0.2) is 4.79 Å². The Morgan fingerprint density at radius 3 is 2.53 bits per heavy atom. The van der Waals surface area contributed by atoms with E-state index in [0.717, 1.165) is 22.4 Å². The van der Waals surface area contributed by atoms with Crippen LogP contribution < -0.4 is 4.74 Å². The van der Waals surface area contributed by atoms with E-state index in [4.69, 9.17) is 9.84 Å². The van der Waals surface area contributed by atoms with Crippen LogP contribution in [0.3, 0.4) is 0 Å². The van der Waals surface area contributed by atoms with Gasteiger partial charge in [-0.3, -0.25) is 0 Å². The number of ether oxygens (including phenoxy) is 1. The lowest BCUT2D eigenvalue weighted by Gasteiger charge is -2.12. The summed E-state index contributed by atoms with van der Waals surface area (Å²) in [7, 11) is 1.62. The van der Waals surface area contributed by atoms with Crippen molar-refractivity contribution in [3.8, 4) is 5.75 Å². The normalized spacial score (nSPS) is 12.2. The van der Waals surface area contributed by atoms with Crippen molar-refractivity contribution in [3.05, 3.63) is 28.8 Å². The molecule has 4 nitrogen and oxygen atoms in total. The summed E-state index contributed by atoms with van der Waals surface area (Å²) in [6, 6.07) is 3.90. The SMILES string of the molecule is COc1cc(C)c(CCC(O)C(=O)O)cc1C. The Labute approximate surface area is 101 Å². The molecule has 0 heterocycles. The van der Waals surface area contributed by atoms with Gasteiger partial charge in [-0.15, -0.1) is 0 Å². The van der Waals surface area contributed by atoms with E-state index in [1.54, 1.807) is 7.11 Å². The number of methoxy groups -OCH3 is 1. The summed E-state index contributed by atoms with van der Waals surface area (Å²) >= 11 is 0. The highest BCUT2D eigenvalue weighted by Gasteiger charge is 2.14. The maximum absolute atomic E-state index is 10.5. The van der Waals surface area contributed by atoms with Gasteiger partial charge < -0.3 is 14.9 Å². The summed E-state index contributed by atoms with van der Waals surface area (Å²) in [5.74, 6) is -0.349. The molecular weight excluding hydrogens is 220 g/mol. The van der Waals surface area contributed by atoms with Crippen LogP contribution >= 0.6 is 0 Å². The maximum atomic E-state index is 10.5. The summed E-state index contributed by atoms with van der Waals surface area (Å²) in [4.78, 5) is 10.5. The number of aliphatic carboxylic acids is 1. The zero-order valence-corrected chi connectivity index (χ0v) is 10.4. The van der Waals surface area contributed by atoms with Crippen molar-refractivity contribution in [2.45, 2.75) is 32.8 Å². The molecule has 0 aromatic heterocycles. The van der Waals surface area contributed by atoms with E-state index >= 15 is 0 Å². The van der Waals surface area contributed by atoms with Crippen molar-refractivity contribution in [2.75, 3.05) is 7.11 Å². The first kappa shape index (κ1) is 13.5. The Kier molecular flexibility index (Phi) is 4.52. The van der Waals surface area contributed by atoms with Crippen LogP contribution in [-0.4, -0.2) is 29.4 Å². The summed E-state index contributed by atoms with van der Waals surface area (Å²) in [6.07, 6.45) is -0.525. The van der Waals surface area contributed by atoms with Gasteiger partial charge in [0.05, 0.1) is 7.11 Å². The second kappa shape index (κ2) is 5.68. The van der Waals surface area contributed by atoms with Gasteiger partial charge >= 0.3 is 5.97 Å². The average Bonchev–Trinajstić information content (AvgIpc) is 2.29. The van der Waals surface area contributed by atoms with E-state index < -0.39 is 12.1 Å². The largest absolute Gasteiger partial charge is 0.496 e. The van der Waals surface area contributed by atoms with Gasteiger partial charge in [0, 0.05) is 0 Å². The second-order valence-corrected chi connectivity index (χ2v) is 4.14. The van der Waals surface area contributed by atoms with E-state index in [9.17, 15) is 9.90 Å². The fourth-order valence-corrected chi connectivity index (χ4v) is 1.75. The number of aliphatic hydroxyl groups excluding tert-OH is 1. The Hall–Kier alpha value is -1.55. The number of carbonyl (C=O) groups is 1. The van der Waals surface area contributed by atoms with Crippen LogP contribution in [0.25, 0.3) is 0 Å². The van der Waals surface area contributed by atoms with Crippen molar-refractivity contribution in [2.24, 2.45) is 0 Å². The lowest BCUT2D eigenvalue weighted by atomic mass is 9.99. The lowest BCUT2D eigenvalue weighted by molar-refractivity contribution is -0.146. The van der Waals surface area contributed by atoms with Crippen LogP contribution in [0.15, 0.2) is 12.1 Å². The molecule has 0 bridgehead atoms. The predicted octanol–water partition coefficient (Wildman–Crippen LogP) is 1.69. The minimum atomic E-state index is -1.29. The third kappa shape index (κ3) is 3.46. The highest BCUT2D eigenvalue weighted by Crippen LogP contribution is 2.23. The van der Waals surface area contributed by atoms with Gasteiger partial charge in [0.2, 0.25) is 0 Å².